The first-order valence-corrected chi connectivity index (χ1v) is 5.46. The molecule has 1 aromatic carbocycles. The van der Waals surface area contributed by atoms with Gasteiger partial charge in [-0.3, -0.25) is 0 Å². The number of aromatic nitrogens is 2. The lowest BCUT2D eigenvalue weighted by molar-refractivity contribution is 0.879. The third-order valence-electron chi connectivity index (χ3n) is 2.18. The zero-order valence-corrected chi connectivity index (χ0v) is 9.42. The van der Waals surface area contributed by atoms with Gasteiger partial charge < -0.3 is 4.98 Å². The zero-order valence-electron chi connectivity index (χ0n) is 8.60. The molecule has 15 heavy (non-hydrogen) atoms. The Morgan fingerprint density at radius 3 is 3.07 bits per heavy atom. The van der Waals surface area contributed by atoms with Crippen molar-refractivity contribution in [2.45, 2.75) is 19.8 Å². The molecular formula is C11H13N3S. The minimum atomic E-state index is 0.642. The van der Waals surface area contributed by atoms with Gasteiger partial charge in [-0.05, 0) is 30.8 Å². The van der Waals surface area contributed by atoms with Gasteiger partial charge in [0.2, 0.25) is 0 Å². The normalized spacial score (nSPS) is 11.5. The van der Waals surface area contributed by atoms with Crippen molar-refractivity contribution < 1.29 is 0 Å². The van der Waals surface area contributed by atoms with E-state index in [0.717, 1.165) is 23.9 Å². The number of rotatable bonds is 3. The molecule has 2 rings (SSSR count). The summed E-state index contributed by atoms with van der Waals surface area (Å²) in [5.41, 5.74) is 2.05. The molecule has 0 unspecified atom stereocenters. The number of aromatic amines is 1. The van der Waals surface area contributed by atoms with Gasteiger partial charge in [0.1, 0.15) is 0 Å². The van der Waals surface area contributed by atoms with Crippen LogP contribution in [0.4, 0.5) is 0 Å². The second kappa shape index (κ2) is 4.40. The average Bonchev–Trinajstić information content (AvgIpc) is 2.56. The molecule has 0 saturated heterocycles. The topological polar surface area (TPSA) is 33.1 Å². The highest BCUT2D eigenvalue weighted by Gasteiger charge is 2.00. The third-order valence-corrected chi connectivity index (χ3v) is 2.46. The fraction of sp³-hybridized carbons (Fsp3) is 0.273. The van der Waals surface area contributed by atoms with Crippen molar-refractivity contribution in [3.8, 4) is 0 Å². The minimum absolute atomic E-state index is 0.642. The Hall–Kier alpha value is -1.42. The maximum atomic E-state index is 5.20. The number of hydrogen-bond acceptors (Lipinski definition) is 2. The molecule has 0 atom stereocenters. The summed E-state index contributed by atoms with van der Waals surface area (Å²) in [6.45, 7) is 2.13. The van der Waals surface area contributed by atoms with Crippen molar-refractivity contribution in [1.82, 2.24) is 9.66 Å². The molecule has 2 aromatic rings. The van der Waals surface area contributed by atoms with Gasteiger partial charge in [-0.15, -0.1) is 0 Å². The number of para-hydroxylation sites is 2. The van der Waals surface area contributed by atoms with Gasteiger partial charge >= 0.3 is 0 Å². The number of unbranched alkanes of at least 4 members (excludes halogenated alkanes) is 1. The molecular weight excluding hydrogens is 206 g/mol. The first-order chi connectivity index (χ1) is 7.33. The third kappa shape index (κ3) is 1.99. The molecule has 1 heterocycles. The Labute approximate surface area is 93.4 Å². The van der Waals surface area contributed by atoms with Crippen LogP contribution in [0, 0.1) is 4.77 Å². The summed E-state index contributed by atoms with van der Waals surface area (Å²) in [5, 5.41) is 4.34. The Bertz CT molecular complexity index is 536. The van der Waals surface area contributed by atoms with Crippen molar-refractivity contribution in [3.05, 3.63) is 29.0 Å². The molecule has 4 heteroatoms. The highest BCUT2D eigenvalue weighted by Crippen LogP contribution is 2.12. The van der Waals surface area contributed by atoms with Crippen molar-refractivity contribution in [2.24, 2.45) is 5.10 Å². The zero-order chi connectivity index (χ0) is 10.7. The first-order valence-electron chi connectivity index (χ1n) is 5.05. The first kappa shape index (κ1) is 10.1. The molecule has 1 aromatic heterocycles. The van der Waals surface area contributed by atoms with Crippen LogP contribution in [-0.2, 0) is 0 Å². The number of nitrogens with zero attached hydrogens (tertiary/aromatic N) is 2. The Kier molecular flexibility index (Phi) is 2.97. The standard InChI is InChI=1S/C11H13N3S/c1-2-3-8-12-14-10-7-5-4-6-9(10)13-11(14)15/h4-8H,2-3H2,1H3,(H,13,15). The van der Waals surface area contributed by atoms with Crippen LogP contribution in [0.5, 0.6) is 0 Å². The largest absolute Gasteiger partial charge is 0.329 e. The smallest absolute Gasteiger partial charge is 0.199 e. The number of benzene rings is 1. The molecule has 0 aliphatic heterocycles. The van der Waals surface area contributed by atoms with E-state index in [-0.39, 0.29) is 0 Å². The van der Waals surface area contributed by atoms with Crippen LogP contribution in [0.3, 0.4) is 0 Å². The van der Waals surface area contributed by atoms with Crippen molar-refractivity contribution >= 4 is 29.5 Å². The lowest BCUT2D eigenvalue weighted by Gasteiger charge is -1.94. The van der Waals surface area contributed by atoms with Gasteiger partial charge in [-0.1, -0.05) is 25.5 Å². The molecule has 78 valence electrons. The van der Waals surface area contributed by atoms with Gasteiger partial charge in [-0.2, -0.15) is 5.10 Å². The molecule has 0 bridgehead atoms. The summed E-state index contributed by atoms with van der Waals surface area (Å²) in [6.07, 6.45) is 3.97. The number of nitrogens with one attached hydrogen (secondary N) is 1. The van der Waals surface area contributed by atoms with Gasteiger partial charge in [0.15, 0.2) is 4.77 Å². The molecule has 0 radical (unpaired) electrons. The van der Waals surface area contributed by atoms with Crippen molar-refractivity contribution in [2.75, 3.05) is 0 Å². The van der Waals surface area contributed by atoms with E-state index in [4.69, 9.17) is 12.2 Å². The Balaban J connectivity index is 2.50. The maximum Gasteiger partial charge on any atom is 0.199 e. The van der Waals surface area contributed by atoms with Crippen LogP contribution in [0.1, 0.15) is 19.8 Å². The summed E-state index contributed by atoms with van der Waals surface area (Å²) < 4.78 is 2.41. The predicted octanol–water partition coefficient (Wildman–Crippen LogP) is 3.33. The van der Waals surface area contributed by atoms with E-state index in [9.17, 15) is 0 Å². The van der Waals surface area contributed by atoms with Crippen LogP contribution in [-0.4, -0.2) is 15.9 Å². The van der Waals surface area contributed by atoms with Gasteiger partial charge in [0.25, 0.3) is 0 Å². The van der Waals surface area contributed by atoms with E-state index in [1.165, 1.54) is 0 Å². The summed E-state index contributed by atoms with van der Waals surface area (Å²) in [4.78, 5) is 3.12. The quantitative estimate of drug-likeness (QED) is 0.623. The fourth-order valence-electron chi connectivity index (χ4n) is 1.42. The monoisotopic (exact) mass is 219 g/mol. The summed E-state index contributed by atoms with van der Waals surface area (Å²) in [6, 6.07) is 7.96. The van der Waals surface area contributed by atoms with Gasteiger partial charge in [0.05, 0.1) is 11.0 Å². The van der Waals surface area contributed by atoms with Crippen LogP contribution >= 0.6 is 12.2 Å². The van der Waals surface area contributed by atoms with E-state index in [1.807, 2.05) is 30.5 Å². The Morgan fingerprint density at radius 2 is 2.27 bits per heavy atom. The molecule has 0 aliphatic rings. The van der Waals surface area contributed by atoms with Crippen LogP contribution in [0.2, 0.25) is 0 Å². The van der Waals surface area contributed by atoms with E-state index in [2.05, 4.69) is 17.0 Å². The molecule has 1 N–H and O–H groups in total. The molecule has 0 saturated carbocycles. The molecule has 0 amide bonds. The van der Waals surface area contributed by atoms with E-state index >= 15 is 0 Å². The fourth-order valence-corrected chi connectivity index (χ4v) is 1.68. The van der Waals surface area contributed by atoms with Crippen LogP contribution in [0.15, 0.2) is 29.4 Å². The number of H-pyrrole nitrogens is 1. The maximum absolute atomic E-state index is 5.20. The van der Waals surface area contributed by atoms with Crippen molar-refractivity contribution in [3.63, 3.8) is 0 Å². The predicted molar refractivity (Wildman–Crippen MR) is 65.9 cm³/mol. The summed E-state index contributed by atoms with van der Waals surface area (Å²) in [7, 11) is 0. The highest BCUT2D eigenvalue weighted by molar-refractivity contribution is 7.71. The van der Waals surface area contributed by atoms with E-state index in [1.54, 1.807) is 4.68 Å². The minimum Gasteiger partial charge on any atom is -0.329 e. The van der Waals surface area contributed by atoms with E-state index < -0.39 is 0 Å². The molecule has 3 nitrogen and oxygen atoms in total. The number of fused-ring (bicyclic) bond motifs is 1. The second-order valence-corrected chi connectivity index (χ2v) is 3.73. The Morgan fingerprint density at radius 1 is 1.47 bits per heavy atom. The highest BCUT2D eigenvalue weighted by atomic mass is 32.1. The average molecular weight is 219 g/mol. The summed E-state index contributed by atoms with van der Waals surface area (Å²) in [5.74, 6) is 0. The number of hydrogen-bond donors (Lipinski definition) is 1. The lowest BCUT2D eigenvalue weighted by Crippen LogP contribution is -1.88. The number of imidazole rings is 1. The lowest BCUT2D eigenvalue weighted by atomic mass is 10.3. The SMILES string of the molecule is CCCC=Nn1c(=S)[nH]c2ccccc21. The van der Waals surface area contributed by atoms with Crippen LogP contribution in [0.25, 0.3) is 11.0 Å². The summed E-state index contributed by atoms with van der Waals surface area (Å²) >= 11 is 5.20. The molecule has 0 spiro atoms. The molecule has 0 aliphatic carbocycles. The van der Waals surface area contributed by atoms with Gasteiger partial charge in [0, 0.05) is 6.21 Å². The van der Waals surface area contributed by atoms with Crippen molar-refractivity contribution in [1.29, 1.82) is 0 Å². The second-order valence-electron chi connectivity index (χ2n) is 3.35. The van der Waals surface area contributed by atoms with Crippen LogP contribution < -0.4 is 0 Å². The van der Waals surface area contributed by atoms with Gasteiger partial charge in [-0.25, -0.2) is 4.68 Å². The molecule has 0 fully saturated rings. The van der Waals surface area contributed by atoms with E-state index in [0.29, 0.717) is 4.77 Å².